The van der Waals surface area contributed by atoms with Crippen LogP contribution in [0.25, 0.3) is 10.9 Å². The number of H-pyrrole nitrogens is 1. The Hall–Kier alpha value is -3.80. The molecular weight excluding hydrogens is 370 g/mol. The number of hydrogen-bond donors (Lipinski definition) is 1. The van der Waals surface area contributed by atoms with Gasteiger partial charge in [0.25, 0.3) is 0 Å². The van der Waals surface area contributed by atoms with Crippen LogP contribution in [-0.4, -0.2) is 22.8 Å². The van der Waals surface area contributed by atoms with Crippen LogP contribution in [-0.2, 0) is 11.3 Å². The highest BCUT2D eigenvalue weighted by atomic mass is 16.6. The maximum atomic E-state index is 12.7. The molecule has 2 aromatic heterocycles. The first kappa shape index (κ1) is 18.6. The monoisotopic (exact) mass is 389 g/mol. The van der Waals surface area contributed by atoms with Crippen molar-refractivity contribution in [3.05, 3.63) is 90.0 Å². The molecule has 0 saturated carbocycles. The predicted octanol–water partition coefficient (Wildman–Crippen LogP) is 4.77. The highest BCUT2D eigenvalue weighted by Crippen LogP contribution is 2.21. The molecule has 2 heterocycles. The maximum Gasteiger partial charge on any atom is 0.374 e. The van der Waals surface area contributed by atoms with Crippen LogP contribution < -0.4 is 4.74 Å². The molecule has 4 aromatic rings. The quantitative estimate of drug-likeness (QED) is 0.364. The van der Waals surface area contributed by atoms with Gasteiger partial charge in [0.1, 0.15) is 18.1 Å². The summed E-state index contributed by atoms with van der Waals surface area (Å²) in [6.07, 6.45) is 0.680. The van der Waals surface area contributed by atoms with E-state index < -0.39 is 12.1 Å². The second kappa shape index (κ2) is 8.06. The molecule has 6 nitrogen and oxygen atoms in total. The molecule has 0 spiro atoms. The Labute approximate surface area is 167 Å². The number of fused-ring (bicyclic) bond motifs is 1. The van der Waals surface area contributed by atoms with Crippen molar-refractivity contribution in [3.8, 4) is 5.75 Å². The lowest BCUT2D eigenvalue weighted by Gasteiger charge is -2.10. The number of rotatable bonds is 7. The molecule has 146 valence electrons. The summed E-state index contributed by atoms with van der Waals surface area (Å²) in [5, 5.41) is 0.791. The summed E-state index contributed by atoms with van der Waals surface area (Å²) >= 11 is 0. The average Bonchev–Trinajstić information content (AvgIpc) is 3.40. The first-order chi connectivity index (χ1) is 14.1. The summed E-state index contributed by atoms with van der Waals surface area (Å²) in [5.74, 6) is 0.226. The van der Waals surface area contributed by atoms with Gasteiger partial charge in [0, 0.05) is 22.7 Å². The number of esters is 1. The topological polar surface area (TPSA) is 81.5 Å². The zero-order valence-corrected chi connectivity index (χ0v) is 15.8. The third-order valence-electron chi connectivity index (χ3n) is 4.49. The molecular formula is C23H19NO5. The van der Waals surface area contributed by atoms with Crippen molar-refractivity contribution in [2.24, 2.45) is 0 Å². The van der Waals surface area contributed by atoms with Crippen LogP contribution in [0, 0.1) is 0 Å². The lowest BCUT2D eigenvalue weighted by Crippen LogP contribution is -2.24. The number of nitrogens with one attached hydrogen (secondary N) is 1. The lowest BCUT2D eigenvalue weighted by molar-refractivity contribution is 0.0287. The van der Waals surface area contributed by atoms with E-state index >= 15 is 0 Å². The third kappa shape index (κ3) is 4.06. The van der Waals surface area contributed by atoms with Crippen LogP contribution in [0.2, 0.25) is 0 Å². The van der Waals surface area contributed by atoms with Crippen LogP contribution in [0.5, 0.6) is 5.75 Å². The molecule has 6 heteroatoms. The Balaban J connectivity index is 1.38. The molecule has 29 heavy (non-hydrogen) atoms. The number of Topliss-reactive ketones (excluding diaryl/α,β-unsaturated/α-hetero) is 1. The number of hydrogen-bond acceptors (Lipinski definition) is 5. The minimum Gasteiger partial charge on any atom is -0.486 e. The van der Waals surface area contributed by atoms with Crippen LogP contribution >= 0.6 is 0 Å². The number of carbonyl (C=O) groups is 2. The maximum absolute atomic E-state index is 12.7. The average molecular weight is 389 g/mol. The minimum atomic E-state index is -0.948. The van der Waals surface area contributed by atoms with Crippen molar-refractivity contribution in [2.45, 2.75) is 19.6 Å². The van der Waals surface area contributed by atoms with Gasteiger partial charge in [-0.05, 0) is 37.3 Å². The Morgan fingerprint density at radius 2 is 1.76 bits per heavy atom. The summed E-state index contributed by atoms with van der Waals surface area (Å²) in [6.45, 7) is 1.73. The Morgan fingerprint density at radius 1 is 1.00 bits per heavy atom. The van der Waals surface area contributed by atoms with Crippen molar-refractivity contribution in [1.29, 1.82) is 0 Å². The Kier molecular flexibility index (Phi) is 5.16. The Bertz CT molecular complexity index is 1140. The summed E-state index contributed by atoms with van der Waals surface area (Å²) in [6, 6.07) is 19.9. The van der Waals surface area contributed by atoms with Gasteiger partial charge in [-0.2, -0.15) is 0 Å². The lowest BCUT2D eigenvalue weighted by atomic mass is 10.1. The summed E-state index contributed by atoms with van der Waals surface area (Å²) in [7, 11) is 0. The van der Waals surface area contributed by atoms with Crippen molar-refractivity contribution in [1.82, 2.24) is 4.98 Å². The molecule has 1 N–H and O–H groups in total. The molecule has 0 fully saturated rings. The van der Waals surface area contributed by atoms with E-state index in [1.54, 1.807) is 19.2 Å². The normalized spacial score (nSPS) is 11.9. The van der Waals surface area contributed by atoms with E-state index in [-0.39, 0.29) is 18.2 Å². The predicted molar refractivity (Wildman–Crippen MR) is 107 cm³/mol. The molecule has 0 aliphatic carbocycles. The molecule has 2 aromatic carbocycles. The number of benzene rings is 2. The molecule has 0 aliphatic heterocycles. The first-order valence-corrected chi connectivity index (χ1v) is 9.19. The first-order valence-electron chi connectivity index (χ1n) is 9.19. The van der Waals surface area contributed by atoms with Gasteiger partial charge in [0.05, 0.1) is 0 Å². The van der Waals surface area contributed by atoms with Crippen LogP contribution in [0.4, 0.5) is 0 Å². The van der Waals surface area contributed by atoms with Gasteiger partial charge >= 0.3 is 5.97 Å². The fourth-order valence-electron chi connectivity index (χ4n) is 3.00. The largest absolute Gasteiger partial charge is 0.486 e. The van der Waals surface area contributed by atoms with Gasteiger partial charge in [-0.1, -0.05) is 36.4 Å². The van der Waals surface area contributed by atoms with Crippen molar-refractivity contribution >= 4 is 22.7 Å². The fourth-order valence-corrected chi connectivity index (χ4v) is 3.00. The van der Waals surface area contributed by atoms with Crippen molar-refractivity contribution in [3.63, 3.8) is 0 Å². The molecule has 0 unspecified atom stereocenters. The van der Waals surface area contributed by atoms with Gasteiger partial charge in [-0.3, -0.25) is 4.79 Å². The Morgan fingerprint density at radius 3 is 2.59 bits per heavy atom. The summed E-state index contributed by atoms with van der Waals surface area (Å²) in [5.41, 5.74) is 1.33. The number of carbonyl (C=O) groups excluding carboxylic acids is 2. The van der Waals surface area contributed by atoms with Crippen LogP contribution in [0.3, 0.4) is 0 Å². The number of aromatic amines is 1. The second-order valence-electron chi connectivity index (χ2n) is 6.53. The van der Waals surface area contributed by atoms with E-state index in [0.29, 0.717) is 17.1 Å². The van der Waals surface area contributed by atoms with Crippen molar-refractivity contribution in [2.75, 3.05) is 0 Å². The van der Waals surface area contributed by atoms with E-state index in [0.717, 1.165) is 10.9 Å². The SMILES string of the molecule is C[C@H](OC(=O)c1ccc(COc2ccccc2)o1)C(=O)c1c[nH]c2ccccc12. The van der Waals surface area contributed by atoms with Gasteiger partial charge in [-0.25, -0.2) is 4.79 Å². The van der Waals surface area contributed by atoms with Gasteiger partial charge < -0.3 is 18.9 Å². The number of ether oxygens (including phenoxy) is 2. The number of furan rings is 1. The zero-order valence-electron chi connectivity index (χ0n) is 15.8. The fraction of sp³-hybridized carbons (Fsp3) is 0.130. The number of aromatic nitrogens is 1. The highest BCUT2D eigenvalue weighted by Gasteiger charge is 2.24. The molecule has 0 bridgehead atoms. The second-order valence-corrected chi connectivity index (χ2v) is 6.53. The van der Waals surface area contributed by atoms with E-state index in [2.05, 4.69) is 4.98 Å². The smallest absolute Gasteiger partial charge is 0.374 e. The van der Waals surface area contributed by atoms with Crippen LogP contribution in [0.15, 0.2) is 77.3 Å². The highest BCUT2D eigenvalue weighted by molar-refractivity contribution is 6.10. The standard InChI is InChI=1S/C23H19NO5/c1-15(22(25)19-13-24-20-10-6-5-9-18(19)20)28-23(26)21-12-11-17(29-21)14-27-16-7-3-2-4-8-16/h2-13,15,24H,14H2,1H3/t15-/m0/s1. The van der Waals surface area contributed by atoms with Gasteiger partial charge in [0.2, 0.25) is 11.5 Å². The zero-order chi connectivity index (χ0) is 20.2. The van der Waals surface area contributed by atoms with E-state index in [4.69, 9.17) is 13.9 Å². The van der Waals surface area contributed by atoms with E-state index in [1.165, 1.54) is 6.07 Å². The number of ketones is 1. The molecule has 4 rings (SSSR count). The molecule has 1 atom stereocenters. The molecule has 0 saturated heterocycles. The molecule has 0 radical (unpaired) electrons. The summed E-state index contributed by atoms with van der Waals surface area (Å²) in [4.78, 5) is 28.1. The van der Waals surface area contributed by atoms with E-state index in [9.17, 15) is 9.59 Å². The van der Waals surface area contributed by atoms with Crippen molar-refractivity contribution < 1.29 is 23.5 Å². The minimum absolute atomic E-state index is 0.0234. The van der Waals surface area contributed by atoms with Gasteiger partial charge in [-0.15, -0.1) is 0 Å². The molecule has 0 aliphatic rings. The third-order valence-corrected chi connectivity index (χ3v) is 4.49. The summed E-state index contributed by atoms with van der Waals surface area (Å²) < 4.78 is 16.4. The number of para-hydroxylation sites is 2. The van der Waals surface area contributed by atoms with Crippen LogP contribution in [0.1, 0.15) is 33.6 Å². The van der Waals surface area contributed by atoms with Gasteiger partial charge in [0.15, 0.2) is 6.10 Å². The van der Waals surface area contributed by atoms with E-state index in [1.807, 2.05) is 54.6 Å². The molecule has 0 amide bonds.